The van der Waals surface area contributed by atoms with Gasteiger partial charge >= 0.3 is 0 Å². The van der Waals surface area contributed by atoms with E-state index in [4.69, 9.17) is 11.6 Å². The van der Waals surface area contributed by atoms with Crippen molar-refractivity contribution in [3.8, 4) is 0 Å². The molecule has 0 aliphatic carbocycles. The molecule has 0 fully saturated rings. The molecule has 0 radical (unpaired) electrons. The topological polar surface area (TPSA) is 46.9 Å². The summed E-state index contributed by atoms with van der Waals surface area (Å²) in [6.45, 7) is 4.42. The Balaban J connectivity index is 2.10. The average Bonchev–Trinajstić information content (AvgIpc) is 2.45. The summed E-state index contributed by atoms with van der Waals surface area (Å²) >= 11 is 6.09. The summed E-state index contributed by atoms with van der Waals surface area (Å²) in [7, 11) is 0. The van der Waals surface area contributed by atoms with Crippen LogP contribution in [0.1, 0.15) is 19.4 Å². The van der Waals surface area contributed by atoms with Crippen LogP contribution < -0.4 is 10.9 Å². The second-order valence-corrected chi connectivity index (χ2v) is 5.11. The molecule has 2 rings (SSSR count). The third-order valence-electron chi connectivity index (χ3n) is 3.07. The molecule has 0 amide bonds. The smallest absolute Gasteiger partial charge is 0.287 e. The number of nitrogens with zero attached hydrogens (tertiary/aromatic N) is 2. The van der Waals surface area contributed by atoms with Gasteiger partial charge in [0.1, 0.15) is 5.02 Å². The molecular formula is C15H18ClN3O. The molecule has 0 aliphatic heterocycles. The molecule has 1 heterocycles. The predicted octanol–water partition coefficient (Wildman–Crippen LogP) is 2.96. The minimum Gasteiger partial charge on any atom is -0.380 e. The number of rotatable bonds is 5. The maximum atomic E-state index is 11.9. The van der Waals surface area contributed by atoms with E-state index in [1.807, 2.05) is 25.1 Å². The number of halogens is 1. The average molecular weight is 292 g/mol. The van der Waals surface area contributed by atoms with Crippen molar-refractivity contribution >= 4 is 17.3 Å². The van der Waals surface area contributed by atoms with Crippen molar-refractivity contribution in [2.75, 3.05) is 5.32 Å². The second kappa shape index (κ2) is 6.57. The normalized spacial score (nSPS) is 12.2. The van der Waals surface area contributed by atoms with Gasteiger partial charge in [-0.15, -0.1) is 0 Å². The molecule has 0 saturated carbocycles. The van der Waals surface area contributed by atoms with E-state index in [1.165, 1.54) is 10.2 Å². The molecule has 4 nitrogen and oxygen atoms in total. The lowest BCUT2D eigenvalue weighted by molar-refractivity contribution is 0.615. The zero-order chi connectivity index (χ0) is 14.5. The van der Waals surface area contributed by atoms with Crippen molar-refractivity contribution < 1.29 is 0 Å². The fourth-order valence-corrected chi connectivity index (χ4v) is 2.28. The molecule has 1 aromatic carbocycles. The van der Waals surface area contributed by atoms with Gasteiger partial charge in [-0.1, -0.05) is 41.9 Å². The van der Waals surface area contributed by atoms with Gasteiger partial charge in [0.25, 0.3) is 5.56 Å². The van der Waals surface area contributed by atoms with Crippen LogP contribution in [0.2, 0.25) is 5.02 Å². The number of aromatic nitrogens is 2. The Morgan fingerprint density at radius 3 is 2.70 bits per heavy atom. The lowest BCUT2D eigenvalue weighted by Crippen LogP contribution is -2.26. The molecule has 1 unspecified atom stereocenters. The quantitative estimate of drug-likeness (QED) is 0.921. The van der Waals surface area contributed by atoms with E-state index in [2.05, 4.69) is 29.5 Å². The number of hydrogen-bond donors (Lipinski definition) is 1. The lowest BCUT2D eigenvalue weighted by Gasteiger charge is -2.16. The van der Waals surface area contributed by atoms with Crippen LogP contribution in [0.5, 0.6) is 0 Å². The highest BCUT2D eigenvalue weighted by atomic mass is 35.5. The zero-order valence-electron chi connectivity index (χ0n) is 11.6. The van der Waals surface area contributed by atoms with E-state index in [9.17, 15) is 4.79 Å². The molecule has 20 heavy (non-hydrogen) atoms. The number of anilines is 1. The third kappa shape index (κ3) is 3.39. The first-order valence-corrected chi connectivity index (χ1v) is 7.05. The molecule has 5 heteroatoms. The molecule has 0 aliphatic rings. The number of nitrogens with one attached hydrogen (secondary N) is 1. The van der Waals surface area contributed by atoms with Crippen molar-refractivity contribution in [3.05, 3.63) is 57.5 Å². The van der Waals surface area contributed by atoms with Gasteiger partial charge in [-0.2, -0.15) is 5.10 Å². The minimum atomic E-state index is -0.258. The Bertz CT molecular complexity index is 625. The Kier molecular flexibility index (Phi) is 4.79. The molecule has 2 aromatic rings. The van der Waals surface area contributed by atoms with Crippen LogP contribution in [-0.2, 0) is 13.0 Å². The van der Waals surface area contributed by atoms with Crippen molar-refractivity contribution in [2.24, 2.45) is 0 Å². The Morgan fingerprint density at radius 2 is 2.05 bits per heavy atom. The third-order valence-corrected chi connectivity index (χ3v) is 3.44. The first-order chi connectivity index (χ1) is 9.61. The molecule has 1 atom stereocenters. The van der Waals surface area contributed by atoms with Crippen molar-refractivity contribution in [1.82, 2.24) is 9.78 Å². The summed E-state index contributed by atoms with van der Waals surface area (Å²) in [5.41, 5.74) is 1.56. The number of benzene rings is 1. The van der Waals surface area contributed by atoms with Gasteiger partial charge in [0.15, 0.2) is 0 Å². The van der Waals surface area contributed by atoms with Gasteiger partial charge in [0.05, 0.1) is 11.9 Å². The largest absolute Gasteiger partial charge is 0.380 e. The van der Waals surface area contributed by atoms with E-state index in [0.717, 1.165) is 6.42 Å². The van der Waals surface area contributed by atoms with Gasteiger partial charge in [0, 0.05) is 12.6 Å². The van der Waals surface area contributed by atoms with Gasteiger partial charge in [-0.05, 0) is 25.8 Å². The summed E-state index contributed by atoms with van der Waals surface area (Å²) in [6, 6.07) is 10.3. The summed E-state index contributed by atoms with van der Waals surface area (Å²) in [5, 5.41) is 7.51. The fraction of sp³-hybridized carbons (Fsp3) is 0.333. The summed E-state index contributed by atoms with van der Waals surface area (Å²) in [4.78, 5) is 11.9. The molecule has 1 N–H and O–H groups in total. The van der Waals surface area contributed by atoms with Crippen molar-refractivity contribution in [3.63, 3.8) is 0 Å². The van der Waals surface area contributed by atoms with Crippen molar-refractivity contribution in [1.29, 1.82) is 0 Å². The summed E-state index contributed by atoms with van der Waals surface area (Å²) < 4.78 is 1.34. The number of hydrogen-bond acceptors (Lipinski definition) is 3. The highest BCUT2D eigenvalue weighted by Gasteiger charge is 2.11. The van der Waals surface area contributed by atoms with E-state index < -0.39 is 0 Å². The van der Waals surface area contributed by atoms with E-state index in [-0.39, 0.29) is 16.6 Å². The first kappa shape index (κ1) is 14.6. The zero-order valence-corrected chi connectivity index (χ0v) is 12.4. The van der Waals surface area contributed by atoms with Gasteiger partial charge in [0.2, 0.25) is 0 Å². The van der Waals surface area contributed by atoms with E-state index in [1.54, 1.807) is 6.20 Å². The van der Waals surface area contributed by atoms with E-state index >= 15 is 0 Å². The number of aryl methyl sites for hydroxylation is 1. The molecule has 0 spiro atoms. The lowest BCUT2D eigenvalue weighted by atomic mass is 10.1. The van der Waals surface area contributed by atoms with E-state index in [0.29, 0.717) is 12.2 Å². The van der Waals surface area contributed by atoms with Gasteiger partial charge < -0.3 is 5.32 Å². The standard InChI is InChI=1S/C15H18ClN3O/c1-3-19-15(20)14(16)13(10-17-19)18-11(2)9-12-7-5-4-6-8-12/h4-8,10-11,18H,3,9H2,1-2H3. The monoisotopic (exact) mass is 291 g/mol. The minimum absolute atomic E-state index is 0.161. The van der Waals surface area contributed by atoms with Crippen LogP contribution in [0, 0.1) is 0 Å². The molecule has 106 valence electrons. The van der Waals surface area contributed by atoms with Gasteiger partial charge in [-0.25, -0.2) is 4.68 Å². The Hall–Kier alpha value is -1.81. The summed E-state index contributed by atoms with van der Waals surface area (Å²) in [6.07, 6.45) is 2.46. The maximum Gasteiger partial charge on any atom is 0.287 e. The van der Waals surface area contributed by atoms with Crippen LogP contribution >= 0.6 is 11.6 Å². The Labute approximate surface area is 123 Å². The van der Waals surface area contributed by atoms with Crippen LogP contribution in [0.15, 0.2) is 41.3 Å². The first-order valence-electron chi connectivity index (χ1n) is 6.68. The van der Waals surface area contributed by atoms with Crippen LogP contribution in [0.25, 0.3) is 0 Å². The second-order valence-electron chi connectivity index (χ2n) is 4.73. The fourth-order valence-electron chi connectivity index (χ4n) is 2.08. The van der Waals surface area contributed by atoms with Crippen LogP contribution in [0.3, 0.4) is 0 Å². The molecule has 0 saturated heterocycles. The van der Waals surface area contributed by atoms with Crippen molar-refractivity contribution in [2.45, 2.75) is 32.9 Å². The summed E-state index contributed by atoms with van der Waals surface area (Å²) in [5.74, 6) is 0. The highest BCUT2D eigenvalue weighted by Crippen LogP contribution is 2.17. The molecular weight excluding hydrogens is 274 g/mol. The predicted molar refractivity (Wildman–Crippen MR) is 82.4 cm³/mol. The molecule has 1 aromatic heterocycles. The highest BCUT2D eigenvalue weighted by molar-refractivity contribution is 6.32. The maximum absolute atomic E-state index is 11.9. The Morgan fingerprint density at radius 1 is 1.35 bits per heavy atom. The van der Waals surface area contributed by atoms with Crippen LogP contribution in [-0.4, -0.2) is 15.8 Å². The molecule has 0 bridgehead atoms. The SMILES string of the molecule is CCn1ncc(NC(C)Cc2ccccc2)c(Cl)c1=O. The van der Waals surface area contributed by atoms with Crippen LogP contribution in [0.4, 0.5) is 5.69 Å². The van der Waals surface area contributed by atoms with Gasteiger partial charge in [-0.3, -0.25) is 4.79 Å².